The van der Waals surface area contributed by atoms with Gasteiger partial charge in [0.15, 0.2) is 5.58 Å². The van der Waals surface area contributed by atoms with Crippen LogP contribution in [0.25, 0.3) is 11.1 Å². The summed E-state index contributed by atoms with van der Waals surface area (Å²) >= 11 is 0. The van der Waals surface area contributed by atoms with E-state index in [1.54, 1.807) is 13.2 Å². The zero-order chi connectivity index (χ0) is 14.4. The molecule has 2 rings (SSSR count). The first-order valence-electron chi connectivity index (χ1n) is 6.06. The average Bonchev–Trinajstić information content (AvgIpc) is 2.84. The average molecular weight is 281 g/mol. The highest BCUT2D eigenvalue weighted by molar-refractivity contribution is 5.77. The maximum Gasteiger partial charge on any atom is 0.295 e. The van der Waals surface area contributed by atoms with Gasteiger partial charge in [-0.15, -0.1) is 0 Å². The fraction of sp³-hybridized carbons (Fsp3) is 0.417. The molecule has 1 heterocycles. The number of non-ortho nitro benzene ring substituents is 1. The smallest absolute Gasteiger partial charge is 0.295 e. The number of rotatable bonds is 8. The van der Waals surface area contributed by atoms with Crippen LogP contribution in [0.5, 0.6) is 0 Å². The summed E-state index contributed by atoms with van der Waals surface area (Å²) in [6.07, 6.45) is 0. The van der Waals surface area contributed by atoms with E-state index in [0.29, 0.717) is 43.5 Å². The number of nitro groups is 1. The monoisotopic (exact) mass is 281 g/mol. The van der Waals surface area contributed by atoms with Crippen molar-refractivity contribution in [1.29, 1.82) is 0 Å². The van der Waals surface area contributed by atoms with E-state index in [0.717, 1.165) is 0 Å². The summed E-state index contributed by atoms with van der Waals surface area (Å²) < 4.78 is 15.5. The Morgan fingerprint density at radius 3 is 3.00 bits per heavy atom. The molecule has 2 aromatic rings. The van der Waals surface area contributed by atoms with Gasteiger partial charge in [-0.25, -0.2) is 0 Å². The number of aromatic nitrogens is 1. The zero-order valence-electron chi connectivity index (χ0n) is 11.0. The van der Waals surface area contributed by atoms with E-state index in [1.165, 1.54) is 12.1 Å². The van der Waals surface area contributed by atoms with Crippen molar-refractivity contribution in [2.24, 2.45) is 0 Å². The van der Waals surface area contributed by atoms with Crippen LogP contribution in [-0.4, -0.2) is 43.4 Å². The second-order valence-electron chi connectivity index (χ2n) is 3.96. The topological polar surface area (TPSA) is 99.7 Å². The van der Waals surface area contributed by atoms with Crippen molar-refractivity contribution in [2.45, 2.75) is 0 Å². The van der Waals surface area contributed by atoms with E-state index in [-0.39, 0.29) is 5.69 Å². The molecular weight excluding hydrogens is 266 g/mol. The van der Waals surface area contributed by atoms with E-state index < -0.39 is 4.92 Å². The van der Waals surface area contributed by atoms with Gasteiger partial charge in [-0.3, -0.25) is 10.1 Å². The zero-order valence-corrected chi connectivity index (χ0v) is 11.0. The van der Waals surface area contributed by atoms with Gasteiger partial charge in [0.2, 0.25) is 0 Å². The van der Waals surface area contributed by atoms with Crippen molar-refractivity contribution in [3.05, 3.63) is 28.3 Å². The number of anilines is 1. The van der Waals surface area contributed by atoms with Crippen molar-refractivity contribution >= 4 is 22.8 Å². The Morgan fingerprint density at radius 1 is 1.40 bits per heavy atom. The second kappa shape index (κ2) is 6.83. The summed E-state index contributed by atoms with van der Waals surface area (Å²) in [4.78, 5) is 14.3. The molecule has 0 saturated heterocycles. The Kier molecular flexibility index (Phi) is 4.85. The van der Waals surface area contributed by atoms with Crippen LogP contribution in [0.15, 0.2) is 22.6 Å². The third kappa shape index (κ3) is 3.65. The van der Waals surface area contributed by atoms with Gasteiger partial charge in [0.1, 0.15) is 5.52 Å². The minimum atomic E-state index is -0.474. The number of ether oxygens (including phenoxy) is 2. The van der Waals surface area contributed by atoms with Crippen molar-refractivity contribution in [2.75, 3.05) is 38.8 Å². The van der Waals surface area contributed by atoms with Crippen LogP contribution >= 0.6 is 0 Å². The normalized spacial score (nSPS) is 10.8. The van der Waals surface area contributed by atoms with Gasteiger partial charge >= 0.3 is 0 Å². The number of methoxy groups -OCH3 is 1. The lowest BCUT2D eigenvalue weighted by Crippen LogP contribution is -2.11. The Hall–Kier alpha value is -2.19. The van der Waals surface area contributed by atoms with Crippen LogP contribution in [0.3, 0.4) is 0 Å². The molecule has 0 aliphatic rings. The number of nitro benzene ring substituents is 1. The summed E-state index contributed by atoms with van der Waals surface area (Å²) in [5, 5.41) is 13.6. The van der Waals surface area contributed by atoms with Gasteiger partial charge in [-0.1, -0.05) is 0 Å². The summed E-state index contributed by atoms with van der Waals surface area (Å²) in [6.45, 7) is 2.09. The van der Waals surface area contributed by atoms with Gasteiger partial charge < -0.3 is 19.2 Å². The molecule has 20 heavy (non-hydrogen) atoms. The molecule has 0 fully saturated rings. The molecule has 1 aromatic heterocycles. The molecule has 8 heteroatoms. The maximum atomic E-state index is 10.6. The van der Waals surface area contributed by atoms with Gasteiger partial charge in [0.25, 0.3) is 11.7 Å². The lowest BCUT2D eigenvalue weighted by atomic mass is 10.3. The third-order valence-electron chi connectivity index (χ3n) is 2.54. The van der Waals surface area contributed by atoms with Crippen molar-refractivity contribution < 1.29 is 18.8 Å². The molecule has 0 bridgehead atoms. The number of oxazole rings is 1. The van der Waals surface area contributed by atoms with Crippen molar-refractivity contribution in [3.8, 4) is 0 Å². The highest BCUT2D eigenvalue weighted by Crippen LogP contribution is 2.23. The van der Waals surface area contributed by atoms with Gasteiger partial charge in [0.05, 0.1) is 30.8 Å². The van der Waals surface area contributed by atoms with Crippen LogP contribution in [0.2, 0.25) is 0 Å². The summed E-state index contributed by atoms with van der Waals surface area (Å²) in [5.41, 5.74) is 0.920. The van der Waals surface area contributed by atoms with Crippen LogP contribution in [0.4, 0.5) is 11.7 Å². The summed E-state index contributed by atoms with van der Waals surface area (Å²) in [6, 6.07) is 4.61. The predicted octanol–water partition coefficient (Wildman–Crippen LogP) is 1.81. The number of benzene rings is 1. The van der Waals surface area contributed by atoms with Crippen molar-refractivity contribution in [3.63, 3.8) is 0 Å². The molecule has 0 saturated carbocycles. The van der Waals surface area contributed by atoms with E-state index in [9.17, 15) is 10.1 Å². The lowest BCUT2D eigenvalue weighted by molar-refractivity contribution is -0.384. The summed E-state index contributed by atoms with van der Waals surface area (Å²) in [7, 11) is 1.61. The van der Waals surface area contributed by atoms with Crippen LogP contribution < -0.4 is 5.32 Å². The molecular formula is C12H15N3O5. The molecule has 0 spiro atoms. The van der Waals surface area contributed by atoms with E-state index in [4.69, 9.17) is 13.9 Å². The number of fused-ring (bicyclic) bond motifs is 1. The first kappa shape index (κ1) is 14.2. The predicted molar refractivity (Wildman–Crippen MR) is 71.8 cm³/mol. The minimum Gasteiger partial charge on any atom is -0.423 e. The Bertz CT molecular complexity index is 583. The fourth-order valence-corrected chi connectivity index (χ4v) is 1.58. The lowest BCUT2D eigenvalue weighted by Gasteiger charge is -2.03. The molecule has 0 radical (unpaired) electrons. The molecule has 0 aliphatic carbocycles. The fourth-order valence-electron chi connectivity index (χ4n) is 1.58. The number of hydrogen-bond acceptors (Lipinski definition) is 7. The van der Waals surface area contributed by atoms with Crippen molar-refractivity contribution in [1.82, 2.24) is 4.98 Å². The van der Waals surface area contributed by atoms with Crippen LogP contribution in [-0.2, 0) is 9.47 Å². The van der Waals surface area contributed by atoms with Gasteiger partial charge in [0, 0.05) is 19.7 Å². The molecule has 108 valence electrons. The summed E-state index contributed by atoms with van der Waals surface area (Å²) in [5.74, 6) is 0. The highest BCUT2D eigenvalue weighted by Gasteiger charge is 2.11. The second-order valence-corrected chi connectivity index (χ2v) is 3.96. The number of nitrogens with one attached hydrogen (secondary N) is 1. The Labute approximate surface area is 114 Å². The minimum absolute atomic E-state index is 0.0249. The highest BCUT2D eigenvalue weighted by atomic mass is 16.6. The Balaban J connectivity index is 1.89. The maximum absolute atomic E-state index is 10.6. The Morgan fingerprint density at radius 2 is 2.25 bits per heavy atom. The van der Waals surface area contributed by atoms with Gasteiger partial charge in [-0.05, 0) is 6.07 Å². The SMILES string of the molecule is COCCOCCNc1nc2ccc([N+](=O)[O-])cc2o1. The first-order chi connectivity index (χ1) is 9.70. The molecule has 1 N–H and O–H groups in total. The molecule has 0 unspecified atom stereocenters. The molecule has 0 aliphatic heterocycles. The van der Waals surface area contributed by atoms with E-state index >= 15 is 0 Å². The number of hydrogen-bond donors (Lipinski definition) is 1. The van der Waals surface area contributed by atoms with Gasteiger partial charge in [-0.2, -0.15) is 4.98 Å². The van der Waals surface area contributed by atoms with Crippen LogP contribution in [0.1, 0.15) is 0 Å². The quantitative estimate of drug-likeness (QED) is 0.447. The first-order valence-corrected chi connectivity index (χ1v) is 6.06. The van der Waals surface area contributed by atoms with E-state index in [2.05, 4.69) is 10.3 Å². The molecule has 0 amide bonds. The third-order valence-corrected chi connectivity index (χ3v) is 2.54. The largest absolute Gasteiger partial charge is 0.423 e. The molecule has 8 nitrogen and oxygen atoms in total. The standard InChI is InChI=1S/C12H15N3O5/c1-18-6-7-19-5-4-13-12-14-10-3-2-9(15(16)17)8-11(10)20-12/h2-3,8H,4-7H2,1H3,(H,13,14). The number of nitrogens with zero attached hydrogens (tertiary/aromatic N) is 2. The molecule has 1 aromatic carbocycles. The molecule has 0 atom stereocenters. The van der Waals surface area contributed by atoms with Crippen LogP contribution in [0, 0.1) is 10.1 Å². The van der Waals surface area contributed by atoms with E-state index in [1.807, 2.05) is 0 Å².